The number of hydrogen-bond acceptors (Lipinski definition) is 5. The van der Waals surface area contributed by atoms with E-state index in [9.17, 15) is 4.79 Å². The number of morpholine rings is 1. The lowest BCUT2D eigenvalue weighted by atomic mass is 10.0. The topological polar surface area (TPSA) is 60.0 Å². The van der Waals surface area contributed by atoms with Crippen LogP contribution in [0.25, 0.3) is 0 Å². The molecule has 3 rings (SSSR count). The molecule has 0 saturated carbocycles. The van der Waals surface area contributed by atoms with Crippen molar-refractivity contribution in [3.63, 3.8) is 0 Å². The Kier molecular flexibility index (Phi) is 6.55. The van der Waals surface area contributed by atoms with Crippen LogP contribution in [0.4, 0.5) is 11.4 Å². The molecule has 148 valence electrons. The lowest BCUT2D eigenvalue weighted by molar-refractivity contribution is 0.102. The van der Waals surface area contributed by atoms with Crippen LogP contribution in [-0.4, -0.2) is 46.4 Å². The van der Waals surface area contributed by atoms with Crippen molar-refractivity contribution in [1.29, 1.82) is 0 Å². The van der Waals surface area contributed by atoms with Crippen molar-refractivity contribution in [2.45, 2.75) is 6.42 Å². The van der Waals surface area contributed by atoms with E-state index in [1.807, 2.05) is 24.3 Å². The molecule has 0 atom stereocenters. The van der Waals surface area contributed by atoms with E-state index in [0.717, 1.165) is 43.2 Å². The van der Waals surface area contributed by atoms with Gasteiger partial charge in [-0.05, 0) is 42.8 Å². The Bertz CT molecular complexity index is 827. The van der Waals surface area contributed by atoms with E-state index >= 15 is 0 Å². The van der Waals surface area contributed by atoms with E-state index in [0.29, 0.717) is 23.5 Å². The molecule has 0 aromatic heterocycles. The smallest absolute Gasteiger partial charge is 0.255 e. The largest absolute Gasteiger partial charge is 0.493 e. The number of carbonyl (C=O) groups excluding carboxylic acids is 1. The number of rotatable bonds is 7. The van der Waals surface area contributed by atoms with E-state index in [-0.39, 0.29) is 5.91 Å². The van der Waals surface area contributed by atoms with Gasteiger partial charge in [-0.3, -0.25) is 4.79 Å². The number of methoxy groups -OCH3 is 2. The zero-order chi connectivity index (χ0) is 19.9. The normalized spacial score (nSPS) is 13.7. The van der Waals surface area contributed by atoms with E-state index in [1.54, 1.807) is 32.4 Å². The second-order valence-corrected chi connectivity index (χ2v) is 6.46. The summed E-state index contributed by atoms with van der Waals surface area (Å²) in [7, 11) is 3.14. The Balaban J connectivity index is 1.76. The Morgan fingerprint density at radius 2 is 1.89 bits per heavy atom. The van der Waals surface area contributed by atoms with Gasteiger partial charge in [0.25, 0.3) is 5.91 Å². The van der Waals surface area contributed by atoms with Crippen molar-refractivity contribution in [3.05, 3.63) is 60.2 Å². The highest BCUT2D eigenvalue weighted by atomic mass is 16.5. The highest BCUT2D eigenvalue weighted by molar-refractivity contribution is 6.05. The first-order valence-electron chi connectivity index (χ1n) is 9.26. The molecule has 1 amide bonds. The van der Waals surface area contributed by atoms with Crippen LogP contribution in [0.15, 0.2) is 49.1 Å². The third kappa shape index (κ3) is 4.46. The average molecular weight is 382 g/mol. The minimum absolute atomic E-state index is 0.203. The number of ether oxygens (including phenoxy) is 3. The molecule has 1 aliphatic rings. The van der Waals surface area contributed by atoms with Gasteiger partial charge >= 0.3 is 0 Å². The van der Waals surface area contributed by atoms with Gasteiger partial charge in [-0.15, -0.1) is 6.58 Å². The van der Waals surface area contributed by atoms with Gasteiger partial charge in [0.15, 0.2) is 11.5 Å². The maximum Gasteiger partial charge on any atom is 0.255 e. The van der Waals surface area contributed by atoms with Gasteiger partial charge in [-0.2, -0.15) is 0 Å². The minimum Gasteiger partial charge on any atom is -0.493 e. The third-order valence-corrected chi connectivity index (χ3v) is 4.68. The van der Waals surface area contributed by atoms with Gasteiger partial charge in [-0.25, -0.2) is 0 Å². The summed E-state index contributed by atoms with van der Waals surface area (Å²) in [6.45, 7) is 7.01. The third-order valence-electron chi connectivity index (χ3n) is 4.68. The zero-order valence-electron chi connectivity index (χ0n) is 16.4. The molecular weight excluding hydrogens is 356 g/mol. The summed E-state index contributed by atoms with van der Waals surface area (Å²) in [5.74, 6) is 0.939. The summed E-state index contributed by atoms with van der Waals surface area (Å²) in [5, 5.41) is 2.94. The highest BCUT2D eigenvalue weighted by Crippen LogP contribution is 2.33. The molecule has 1 saturated heterocycles. The Labute approximate surface area is 165 Å². The van der Waals surface area contributed by atoms with Gasteiger partial charge in [0.2, 0.25) is 0 Å². The average Bonchev–Trinajstić information content (AvgIpc) is 2.74. The molecule has 0 radical (unpaired) electrons. The molecule has 6 nitrogen and oxygen atoms in total. The van der Waals surface area contributed by atoms with Crippen LogP contribution >= 0.6 is 0 Å². The van der Waals surface area contributed by atoms with Crippen molar-refractivity contribution in [1.82, 2.24) is 0 Å². The predicted molar refractivity (Wildman–Crippen MR) is 111 cm³/mol. The van der Waals surface area contributed by atoms with E-state index in [2.05, 4.69) is 16.8 Å². The van der Waals surface area contributed by atoms with Crippen LogP contribution in [0.5, 0.6) is 11.5 Å². The van der Waals surface area contributed by atoms with E-state index in [4.69, 9.17) is 14.2 Å². The molecule has 0 bridgehead atoms. The molecular formula is C22H26N2O4. The lowest BCUT2D eigenvalue weighted by Gasteiger charge is -2.28. The van der Waals surface area contributed by atoms with Crippen LogP contribution in [0.3, 0.4) is 0 Å². The molecule has 0 spiro atoms. The van der Waals surface area contributed by atoms with Crippen molar-refractivity contribution >= 4 is 17.3 Å². The summed E-state index contributed by atoms with van der Waals surface area (Å²) in [5.41, 5.74) is 3.22. The zero-order valence-corrected chi connectivity index (χ0v) is 16.4. The van der Waals surface area contributed by atoms with Gasteiger partial charge in [0, 0.05) is 35.6 Å². The Morgan fingerprint density at radius 3 is 2.50 bits per heavy atom. The first kappa shape index (κ1) is 19.8. The van der Waals surface area contributed by atoms with Gasteiger partial charge < -0.3 is 24.4 Å². The van der Waals surface area contributed by atoms with E-state index in [1.165, 1.54) is 0 Å². The summed E-state index contributed by atoms with van der Waals surface area (Å²) >= 11 is 0. The summed E-state index contributed by atoms with van der Waals surface area (Å²) < 4.78 is 16.2. The van der Waals surface area contributed by atoms with Crippen LogP contribution in [-0.2, 0) is 11.2 Å². The van der Waals surface area contributed by atoms with Gasteiger partial charge in [-0.1, -0.05) is 6.08 Å². The second kappa shape index (κ2) is 9.28. The van der Waals surface area contributed by atoms with Crippen LogP contribution in [0, 0.1) is 0 Å². The monoisotopic (exact) mass is 382 g/mol. The molecule has 1 aliphatic heterocycles. The number of benzene rings is 2. The van der Waals surface area contributed by atoms with Gasteiger partial charge in [0.1, 0.15) is 0 Å². The number of anilines is 2. The first-order valence-corrected chi connectivity index (χ1v) is 9.26. The van der Waals surface area contributed by atoms with Crippen molar-refractivity contribution in [2.24, 2.45) is 0 Å². The highest BCUT2D eigenvalue weighted by Gasteiger charge is 2.16. The first-order chi connectivity index (χ1) is 13.7. The van der Waals surface area contributed by atoms with Crippen molar-refractivity contribution in [2.75, 3.05) is 50.7 Å². The fourth-order valence-electron chi connectivity index (χ4n) is 3.26. The molecule has 28 heavy (non-hydrogen) atoms. The van der Waals surface area contributed by atoms with Crippen LogP contribution < -0.4 is 19.7 Å². The number of hydrogen-bond donors (Lipinski definition) is 1. The fourth-order valence-corrected chi connectivity index (χ4v) is 3.26. The van der Waals surface area contributed by atoms with Crippen LogP contribution in [0.1, 0.15) is 15.9 Å². The number of allylic oxidation sites excluding steroid dienone is 1. The number of carbonyl (C=O) groups is 1. The van der Waals surface area contributed by atoms with E-state index < -0.39 is 0 Å². The van der Waals surface area contributed by atoms with Gasteiger partial charge in [0.05, 0.1) is 27.4 Å². The molecule has 1 fully saturated rings. The summed E-state index contributed by atoms with van der Waals surface area (Å²) in [4.78, 5) is 15.0. The molecule has 1 heterocycles. The predicted octanol–water partition coefficient (Wildman–Crippen LogP) is 3.52. The molecule has 0 aliphatic carbocycles. The summed E-state index contributed by atoms with van der Waals surface area (Å²) in [6.07, 6.45) is 2.35. The fraction of sp³-hybridized carbons (Fsp3) is 0.318. The Hall–Kier alpha value is -2.99. The molecule has 1 N–H and O–H groups in total. The second-order valence-electron chi connectivity index (χ2n) is 6.46. The molecule has 2 aromatic carbocycles. The maximum absolute atomic E-state index is 12.8. The van der Waals surface area contributed by atoms with Crippen LogP contribution in [0.2, 0.25) is 0 Å². The molecule has 2 aromatic rings. The minimum atomic E-state index is -0.203. The number of nitrogens with one attached hydrogen (secondary N) is 1. The summed E-state index contributed by atoms with van der Waals surface area (Å²) in [6, 6.07) is 11.3. The molecule has 6 heteroatoms. The maximum atomic E-state index is 12.8. The number of nitrogens with zero attached hydrogens (tertiary/aromatic N) is 1. The van der Waals surface area contributed by atoms with Crippen molar-refractivity contribution in [3.8, 4) is 11.5 Å². The standard InChI is InChI=1S/C22H26N2O4/c1-4-5-16-14-17(15-20(26-2)21(16)27-3)22(25)23-18-6-8-19(9-7-18)24-10-12-28-13-11-24/h4,6-9,14-15H,1,5,10-13H2,2-3H3,(H,23,25). The number of amides is 1. The Morgan fingerprint density at radius 1 is 1.18 bits per heavy atom. The molecule has 0 unspecified atom stereocenters. The SMILES string of the molecule is C=CCc1cc(C(=O)Nc2ccc(N3CCOCC3)cc2)cc(OC)c1OC. The quantitative estimate of drug-likeness (QED) is 0.743. The lowest BCUT2D eigenvalue weighted by Crippen LogP contribution is -2.36. The van der Waals surface area contributed by atoms with Crippen molar-refractivity contribution < 1.29 is 19.0 Å².